The van der Waals surface area contributed by atoms with Crippen LogP contribution in [0.4, 0.5) is 0 Å². The fraction of sp³-hybridized carbons (Fsp3) is 0.462. The first kappa shape index (κ1) is 14.0. The molecule has 1 aromatic rings. The number of hydrogen-bond acceptors (Lipinski definition) is 3. The molecular formula is C13H17BrO3. The molecule has 1 rings (SSSR count). The molecule has 4 heteroatoms. The fourth-order valence-corrected chi connectivity index (χ4v) is 2.95. The summed E-state index contributed by atoms with van der Waals surface area (Å²) in [5.74, 6) is 1.66. The van der Waals surface area contributed by atoms with Crippen molar-refractivity contribution < 1.29 is 14.3 Å². The molecule has 94 valence electrons. The van der Waals surface area contributed by atoms with Gasteiger partial charge >= 0.3 is 0 Å². The summed E-state index contributed by atoms with van der Waals surface area (Å²) in [7, 11) is 3.26. The van der Waals surface area contributed by atoms with Crippen molar-refractivity contribution in [2.45, 2.75) is 26.2 Å². The van der Waals surface area contributed by atoms with E-state index in [4.69, 9.17) is 9.47 Å². The first-order valence-corrected chi connectivity index (χ1v) is 6.20. The Balaban J connectivity index is 3.39. The van der Waals surface area contributed by atoms with Crippen LogP contribution in [0, 0.1) is 6.92 Å². The normalized spacial score (nSPS) is 12.1. The molecule has 0 aliphatic heterocycles. The van der Waals surface area contributed by atoms with Crippen LogP contribution in [0.5, 0.6) is 11.5 Å². The SMILES string of the molecule is COc1cc(C)c(OC)c(Br)c1C(C)CC=O. The Hall–Kier alpha value is -1.03. The van der Waals surface area contributed by atoms with Gasteiger partial charge in [0.2, 0.25) is 0 Å². The standard InChI is InChI=1S/C13H17BrO3/c1-8(5-6-15)11-10(16-3)7-9(2)13(17-4)12(11)14/h6-8H,5H2,1-4H3. The molecule has 0 saturated carbocycles. The van der Waals surface area contributed by atoms with Crippen molar-refractivity contribution in [2.75, 3.05) is 14.2 Å². The van der Waals surface area contributed by atoms with Gasteiger partial charge in [-0.3, -0.25) is 0 Å². The average molecular weight is 301 g/mol. The number of carbonyl (C=O) groups is 1. The molecule has 17 heavy (non-hydrogen) atoms. The lowest BCUT2D eigenvalue weighted by atomic mass is 9.95. The molecule has 3 nitrogen and oxygen atoms in total. The molecule has 0 bridgehead atoms. The quantitative estimate of drug-likeness (QED) is 0.781. The third-order valence-electron chi connectivity index (χ3n) is 2.77. The first-order valence-electron chi connectivity index (χ1n) is 5.41. The molecule has 0 heterocycles. The summed E-state index contributed by atoms with van der Waals surface area (Å²) in [4.78, 5) is 10.6. The number of ether oxygens (including phenoxy) is 2. The van der Waals surface area contributed by atoms with E-state index >= 15 is 0 Å². The molecule has 0 N–H and O–H groups in total. The number of methoxy groups -OCH3 is 2. The zero-order valence-electron chi connectivity index (χ0n) is 10.5. The second-order valence-electron chi connectivity index (χ2n) is 3.96. The van der Waals surface area contributed by atoms with E-state index in [1.54, 1.807) is 14.2 Å². The lowest BCUT2D eigenvalue weighted by molar-refractivity contribution is -0.108. The Morgan fingerprint density at radius 3 is 2.53 bits per heavy atom. The average Bonchev–Trinajstić information content (AvgIpc) is 2.28. The van der Waals surface area contributed by atoms with Crippen molar-refractivity contribution >= 4 is 22.2 Å². The largest absolute Gasteiger partial charge is 0.496 e. The van der Waals surface area contributed by atoms with E-state index in [2.05, 4.69) is 15.9 Å². The first-order chi connectivity index (χ1) is 8.06. The smallest absolute Gasteiger partial charge is 0.136 e. The Labute approximate surface area is 110 Å². The predicted molar refractivity (Wildman–Crippen MR) is 71.1 cm³/mol. The monoisotopic (exact) mass is 300 g/mol. The molecule has 0 radical (unpaired) electrons. The molecule has 0 saturated heterocycles. The maximum Gasteiger partial charge on any atom is 0.136 e. The van der Waals surface area contributed by atoms with E-state index < -0.39 is 0 Å². The van der Waals surface area contributed by atoms with Crippen LogP contribution in [0.1, 0.15) is 30.4 Å². The van der Waals surface area contributed by atoms with Crippen molar-refractivity contribution in [1.29, 1.82) is 0 Å². The van der Waals surface area contributed by atoms with Gasteiger partial charge < -0.3 is 14.3 Å². The van der Waals surface area contributed by atoms with Crippen LogP contribution >= 0.6 is 15.9 Å². The molecule has 1 unspecified atom stereocenters. The van der Waals surface area contributed by atoms with Crippen molar-refractivity contribution in [3.05, 3.63) is 21.7 Å². The van der Waals surface area contributed by atoms with E-state index in [0.29, 0.717) is 6.42 Å². The summed E-state index contributed by atoms with van der Waals surface area (Å²) in [6, 6.07) is 1.93. The number of hydrogen-bond donors (Lipinski definition) is 0. The van der Waals surface area contributed by atoms with Gasteiger partial charge in [0.25, 0.3) is 0 Å². The third-order valence-corrected chi connectivity index (χ3v) is 3.56. The Morgan fingerprint density at radius 2 is 2.06 bits per heavy atom. The summed E-state index contributed by atoms with van der Waals surface area (Å²) in [5.41, 5.74) is 1.97. The second-order valence-corrected chi connectivity index (χ2v) is 4.75. The minimum absolute atomic E-state index is 0.0892. The molecule has 0 amide bonds. The Kier molecular flexibility index (Phi) is 5.00. The maximum absolute atomic E-state index is 10.6. The van der Waals surface area contributed by atoms with Crippen LogP contribution in [0.2, 0.25) is 0 Å². The summed E-state index contributed by atoms with van der Waals surface area (Å²) in [6.45, 7) is 3.95. The summed E-state index contributed by atoms with van der Waals surface area (Å²) >= 11 is 3.53. The lowest BCUT2D eigenvalue weighted by Gasteiger charge is -2.19. The van der Waals surface area contributed by atoms with Crippen LogP contribution in [0.15, 0.2) is 10.5 Å². The van der Waals surface area contributed by atoms with Crippen molar-refractivity contribution in [2.24, 2.45) is 0 Å². The van der Waals surface area contributed by atoms with E-state index in [1.165, 1.54) is 0 Å². The van der Waals surface area contributed by atoms with Gasteiger partial charge in [-0.15, -0.1) is 0 Å². The highest BCUT2D eigenvalue weighted by molar-refractivity contribution is 9.10. The van der Waals surface area contributed by atoms with E-state index in [9.17, 15) is 4.79 Å². The Bertz CT molecular complexity index is 416. The van der Waals surface area contributed by atoms with Gasteiger partial charge in [0.1, 0.15) is 17.8 Å². The van der Waals surface area contributed by atoms with E-state index in [-0.39, 0.29) is 5.92 Å². The summed E-state index contributed by atoms with van der Waals surface area (Å²) in [5, 5.41) is 0. The molecule has 0 fully saturated rings. The molecule has 1 atom stereocenters. The number of aldehydes is 1. The number of halogens is 1. The minimum atomic E-state index is 0.0892. The van der Waals surface area contributed by atoms with Crippen LogP contribution in [0.3, 0.4) is 0 Å². The van der Waals surface area contributed by atoms with Crippen LogP contribution in [0.25, 0.3) is 0 Å². The van der Waals surface area contributed by atoms with Gasteiger partial charge in [0, 0.05) is 12.0 Å². The van der Waals surface area contributed by atoms with Gasteiger partial charge in [0.15, 0.2) is 0 Å². The highest BCUT2D eigenvalue weighted by Gasteiger charge is 2.20. The van der Waals surface area contributed by atoms with Gasteiger partial charge in [-0.1, -0.05) is 6.92 Å². The van der Waals surface area contributed by atoms with Gasteiger partial charge in [-0.05, 0) is 40.4 Å². The van der Waals surface area contributed by atoms with Crippen molar-refractivity contribution in [1.82, 2.24) is 0 Å². The summed E-state index contributed by atoms with van der Waals surface area (Å²) in [6.07, 6.45) is 1.38. The molecular weight excluding hydrogens is 284 g/mol. The maximum atomic E-state index is 10.6. The van der Waals surface area contributed by atoms with Crippen LogP contribution in [-0.2, 0) is 4.79 Å². The number of benzene rings is 1. The zero-order valence-corrected chi connectivity index (χ0v) is 12.1. The van der Waals surface area contributed by atoms with Gasteiger partial charge in [-0.25, -0.2) is 0 Å². The van der Waals surface area contributed by atoms with Crippen LogP contribution < -0.4 is 9.47 Å². The predicted octanol–water partition coefficient (Wildman–Crippen LogP) is 3.47. The second kappa shape index (κ2) is 6.05. The highest BCUT2D eigenvalue weighted by atomic mass is 79.9. The lowest BCUT2D eigenvalue weighted by Crippen LogP contribution is -2.03. The third kappa shape index (κ3) is 2.80. The molecule has 1 aromatic carbocycles. The Morgan fingerprint density at radius 1 is 1.41 bits per heavy atom. The molecule has 0 aliphatic carbocycles. The number of rotatable bonds is 5. The molecule has 0 spiro atoms. The van der Waals surface area contributed by atoms with Crippen molar-refractivity contribution in [3.8, 4) is 11.5 Å². The topological polar surface area (TPSA) is 35.5 Å². The van der Waals surface area contributed by atoms with Gasteiger partial charge in [-0.2, -0.15) is 0 Å². The molecule has 0 aromatic heterocycles. The van der Waals surface area contributed by atoms with Gasteiger partial charge in [0.05, 0.1) is 18.7 Å². The summed E-state index contributed by atoms with van der Waals surface area (Å²) < 4.78 is 11.6. The minimum Gasteiger partial charge on any atom is -0.496 e. The van der Waals surface area contributed by atoms with Crippen LogP contribution in [-0.4, -0.2) is 20.5 Å². The molecule has 0 aliphatic rings. The fourth-order valence-electron chi connectivity index (χ4n) is 1.88. The number of aryl methyl sites for hydroxylation is 1. The highest BCUT2D eigenvalue weighted by Crippen LogP contribution is 2.42. The van der Waals surface area contributed by atoms with E-state index in [1.807, 2.05) is 19.9 Å². The zero-order chi connectivity index (χ0) is 13.0. The van der Waals surface area contributed by atoms with E-state index in [0.717, 1.165) is 33.4 Å². The van der Waals surface area contributed by atoms with Crippen molar-refractivity contribution in [3.63, 3.8) is 0 Å². The number of carbonyl (C=O) groups excluding carboxylic acids is 1.